The molecule has 114 valence electrons. The van der Waals surface area contributed by atoms with E-state index in [1.165, 1.54) is 4.68 Å². The highest BCUT2D eigenvalue weighted by Crippen LogP contribution is 2.20. The third-order valence-electron chi connectivity index (χ3n) is 3.48. The average molecular weight is 290 g/mol. The number of carbonyl (C=O) groups excluding carboxylic acids is 1. The summed E-state index contributed by atoms with van der Waals surface area (Å²) in [7, 11) is 1.73. The lowest BCUT2D eigenvalue weighted by molar-refractivity contribution is 0.0665. The van der Waals surface area contributed by atoms with Crippen LogP contribution >= 0.6 is 0 Å². The van der Waals surface area contributed by atoms with Gasteiger partial charge in [0.2, 0.25) is 0 Å². The summed E-state index contributed by atoms with van der Waals surface area (Å²) in [5.41, 5.74) is 7.51. The van der Waals surface area contributed by atoms with Crippen molar-refractivity contribution >= 4 is 11.6 Å². The number of amides is 1. The predicted molar refractivity (Wildman–Crippen MR) is 80.8 cm³/mol. The number of nitrogens with zero attached hydrogens (tertiary/aromatic N) is 3. The van der Waals surface area contributed by atoms with Crippen LogP contribution in [0.15, 0.2) is 16.5 Å². The van der Waals surface area contributed by atoms with Crippen molar-refractivity contribution in [2.24, 2.45) is 7.05 Å². The number of anilines is 1. The number of aromatic nitrogens is 2. The highest BCUT2D eigenvalue weighted by Gasteiger charge is 2.26. The number of rotatable bonds is 4. The van der Waals surface area contributed by atoms with Crippen LogP contribution in [0.5, 0.6) is 0 Å². The highest BCUT2D eigenvalue weighted by atomic mass is 16.3. The molecule has 0 unspecified atom stereocenters. The monoisotopic (exact) mass is 290 g/mol. The Labute approximate surface area is 124 Å². The number of carbonyl (C=O) groups is 1. The van der Waals surface area contributed by atoms with E-state index in [2.05, 4.69) is 5.10 Å². The van der Waals surface area contributed by atoms with Crippen LogP contribution in [0.25, 0.3) is 0 Å². The van der Waals surface area contributed by atoms with Crippen LogP contribution in [0.1, 0.15) is 41.6 Å². The Morgan fingerprint density at radius 2 is 2.10 bits per heavy atom. The van der Waals surface area contributed by atoms with Crippen LogP contribution in [0.4, 0.5) is 5.69 Å². The van der Waals surface area contributed by atoms with E-state index in [-0.39, 0.29) is 11.9 Å². The van der Waals surface area contributed by atoms with Gasteiger partial charge in [0, 0.05) is 13.1 Å². The van der Waals surface area contributed by atoms with E-state index in [4.69, 9.17) is 10.2 Å². The highest BCUT2D eigenvalue weighted by molar-refractivity contribution is 5.98. The Morgan fingerprint density at radius 1 is 1.43 bits per heavy atom. The van der Waals surface area contributed by atoms with Crippen molar-refractivity contribution in [1.29, 1.82) is 0 Å². The summed E-state index contributed by atoms with van der Waals surface area (Å²) in [6.07, 6.45) is 0. The zero-order valence-corrected chi connectivity index (χ0v) is 13.2. The molecule has 0 aliphatic rings. The summed E-state index contributed by atoms with van der Waals surface area (Å²) in [5, 5.41) is 4.21. The number of nitrogen functional groups attached to an aromatic ring is 1. The van der Waals surface area contributed by atoms with Gasteiger partial charge in [-0.2, -0.15) is 5.10 Å². The maximum absolute atomic E-state index is 12.8. The summed E-state index contributed by atoms with van der Waals surface area (Å²) in [5.74, 6) is 1.45. The SMILES string of the molecule is Cc1ccc(CN(C(=O)c2c(N)c(C)nn2C)C(C)C)o1. The van der Waals surface area contributed by atoms with Crippen LogP contribution in [0.3, 0.4) is 0 Å². The summed E-state index contributed by atoms with van der Waals surface area (Å²) >= 11 is 0. The van der Waals surface area contributed by atoms with Crippen molar-refractivity contribution in [2.75, 3.05) is 5.73 Å². The van der Waals surface area contributed by atoms with Crippen molar-refractivity contribution in [2.45, 2.75) is 40.3 Å². The molecule has 0 aliphatic carbocycles. The standard InChI is InChI=1S/C15H22N4O2/c1-9(2)19(8-12-7-6-10(3)21-12)15(20)14-13(16)11(4)17-18(14)5/h6-7,9H,8,16H2,1-5H3. The van der Waals surface area contributed by atoms with E-state index in [1.807, 2.05) is 32.9 Å². The fourth-order valence-corrected chi connectivity index (χ4v) is 2.29. The van der Waals surface area contributed by atoms with Crippen molar-refractivity contribution in [3.8, 4) is 0 Å². The van der Waals surface area contributed by atoms with Crippen LogP contribution in [0, 0.1) is 13.8 Å². The van der Waals surface area contributed by atoms with E-state index < -0.39 is 0 Å². The van der Waals surface area contributed by atoms with Crippen molar-refractivity contribution in [3.63, 3.8) is 0 Å². The molecule has 0 spiro atoms. The van der Waals surface area contributed by atoms with Gasteiger partial charge in [0.05, 0.1) is 17.9 Å². The van der Waals surface area contributed by atoms with Gasteiger partial charge >= 0.3 is 0 Å². The van der Waals surface area contributed by atoms with Gasteiger partial charge in [0.15, 0.2) is 0 Å². The minimum absolute atomic E-state index is 0.0255. The van der Waals surface area contributed by atoms with E-state index in [9.17, 15) is 4.79 Å². The third-order valence-corrected chi connectivity index (χ3v) is 3.48. The third kappa shape index (κ3) is 2.94. The van der Waals surface area contributed by atoms with Crippen molar-refractivity contribution in [1.82, 2.24) is 14.7 Å². The molecular weight excluding hydrogens is 268 g/mol. The number of aryl methyl sites for hydroxylation is 3. The largest absolute Gasteiger partial charge is 0.464 e. The molecule has 0 atom stereocenters. The topological polar surface area (TPSA) is 77.3 Å². The van der Waals surface area contributed by atoms with E-state index in [0.29, 0.717) is 23.6 Å². The summed E-state index contributed by atoms with van der Waals surface area (Å²) in [6, 6.07) is 3.80. The molecule has 1 amide bonds. The number of furan rings is 1. The predicted octanol–water partition coefficient (Wildman–Crippen LogP) is 2.26. The molecule has 2 rings (SSSR count). The second-order valence-electron chi connectivity index (χ2n) is 5.51. The molecule has 0 saturated carbocycles. The zero-order valence-electron chi connectivity index (χ0n) is 13.2. The molecule has 0 radical (unpaired) electrons. The Balaban J connectivity index is 2.31. The summed E-state index contributed by atoms with van der Waals surface area (Å²) in [6.45, 7) is 8.02. The van der Waals surface area contributed by atoms with Crippen LogP contribution < -0.4 is 5.73 Å². The first kappa shape index (κ1) is 15.2. The van der Waals surface area contributed by atoms with Gasteiger partial charge in [0.1, 0.15) is 17.2 Å². The van der Waals surface area contributed by atoms with Gasteiger partial charge < -0.3 is 15.1 Å². The molecule has 0 aliphatic heterocycles. The van der Waals surface area contributed by atoms with Crippen LogP contribution in [0.2, 0.25) is 0 Å². The van der Waals surface area contributed by atoms with Gasteiger partial charge in [-0.05, 0) is 39.8 Å². The fraction of sp³-hybridized carbons (Fsp3) is 0.467. The number of hydrogen-bond donors (Lipinski definition) is 1. The Hall–Kier alpha value is -2.24. The normalized spacial score (nSPS) is 11.1. The maximum atomic E-state index is 12.8. The minimum atomic E-state index is -0.139. The summed E-state index contributed by atoms with van der Waals surface area (Å²) < 4.78 is 7.11. The van der Waals surface area contributed by atoms with Crippen LogP contribution in [-0.4, -0.2) is 26.6 Å². The quantitative estimate of drug-likeness (QED) is 0.937. The second kappa shape index (κ2) is 5.63. The van der Waals surface area contributed by atoms with Gasteiger partial charge in [-0.15, -0.1) is 0 Å². The zero-order chi connectivity index (χ0) is 15.7. The molecule has 21 heavy (non-hydrogen) atoms. The van der Waals surface area contributed by atoms with E-state index in [0.717, 1.165) is 11.5 Å². The Morgan fingerprint density at radius 3 is 2.52 bits per heavy atom. The lowest BCUT2D eigenvalue weighted by atomic mass is 10.2. The molecule has 2 aromatic rings. The lowest BCUT2D eigenvalue weighted by Crippen LogP contribution is -2.37. The Kier molecular flexibility index (Phi) is 4.06. The maximum Gasteiger partial charge on any atom is 0.274 e. The molecule has 2 aromatic heterocycles. The van der Waals surface area contributed by atoms with Crippen molar-refractivity contribution < 1.29 is 9.21 Å². The molecule has 2 N–H and O–H groups in total. The lowest BCUT2D eigenvalue weighted by Gasteiger charge is -2.26. The van der Waals surface area contributed by atoms with Gasteiger partial charge in [-0.1, -0.05) is 0 Å². The minimum Gasteiger partial charge on any atom is -0.464 e. The summed E-state index contributed by atoms with van der Waals surface area (Å²) in [4.78, 5) is 14.5. The Bertz CT molecular complexity index is 655. The fourth-order valence-electron chi connectivity index (χ4n) is 2.29. The molecule has 0 aromatic carbocycles. The first-order chi connectivity index (χ1) is 9.81. The smallest absolute Gasteiger partial charge is 0.274 e. The van der Waals surface area contributed by atoms with Crippen LogP contribution in [-0.2, 0) is 13.6 Å². The van der Waals surface area contributed by atoms with Gasteiger partial charge in [0.25, 0.3) is 5.91 Å². The van der Waals surface area contributed by atoms with E-state index >= 15 is 0 Å². The molecule has 2 heterocycles. The molecule has 0 bridgehead atoms. The average Bonchev–Trinajstić information content (AvgIpc) is 2.90. The molecular formula is C15H22N4O2. The first-order valence-corrected chi connectivity index (χ1v) is 6.96. The van der Waals surface area contributed by atoms with E-state index in [1.54, 1.807) is 18.9 Å². The molecule has 0 saturated heterocycles. The number of nitrogens with two attached hydrogens (primary N) is 1. The first-order valence-electron chi connectivity index (χ1n) is 6.96. The molecule has 6 nitrogen and oxygen atoms in total. The molecule has 6 heteroatoms. The second-order valence-corrected chi connectivity index (χ2v) is 5.51. The van der Waals surface area contributed by atoms with Gasteiger partial charge in [-0.3, -0.25) is 9.48 Å². The van der Waals surface area contributed by atoms with Crippen molar-refractivity contribution in [3.05, 3.63) is 35.0 Å². The number of hydrogen-bond acceptors (Lipinski definition) is 4. The van der Waals surface area contributed by atoms with Gasteiger partial charge in [-0.25, -0.2) is 0 Å². The molecule has 0 fully saturated rings.